The van der Waals surface area contributed by atoms with Gasteiger partial charge in [0.25, 0.3) is 0 Å². The molecule has 0 atom stereocenters. The molecule has 4 rings (SSSR count). The van der Waals surface area contributed by atoms with E-state index in [2.05, 4.69) is 123 Å². The Bertz CT molecular complexity index is 1500. The molecule has 2 nitrogen and oxygen atoms in total. The van der Waals surface area contributed by atoms with E-state index < -0.39 is 0 Å². The van der Waals surface area contributed by atoms with Crippen LogP contribution in [0.25, 0.3) is 11.1 Å². The van der Waals surface area contributed by atoms with Crippen molar-refractivity contribution in [3.63, 3.8) is 0 Å². The molecule has 2 aromatic rings. The van der Waals surface area contributed by atoms with Crippen molar-refractivity contribution in [3.8, 4) is 0 Å². The summed E-state index contributed by atoms with van der Waals surface area (Å²) in [5.74, 6) is 1.02. The summed E-state index contributed by atoms with van der Waals surface area (Å²) in [6.07, 6.45) is 28.2. The standard InChI is InChI=1S/C39H40N2/c1-5-8-10-13-21-29-41-30-37(40-39(41)34-25-15-11-12-16-26-34)38(32(7-3)22-9-6-2)36-28-20-19-27-35(36)31(4)33-23-17-14-18-24-33/h5-10,13-15,17-28H,1-2,4,11-12,16,29-30H2,3H3/b10-8-,21-13-,22-9-,32-7+,38-37+. The van der Waals surface area contributed by atoms with Gasteiger partial charge in [-0.3, -0.25) is 0 Å². The second-order valence-electron chi connectivity index (χ2n) is 9.91. The number of hydrogen-bond donors (Lipinski definition) is 0. The molecular formula is C39H40N2. The lowest BCUT2D eigenvalue weighted by Gasteiger charge is -2.20. The molecule has 0 bridgehead atoms. The van der Waals surface area contributed by atoms with Crippen LogP contribution >= 0.6 is 0 Å². The van der Waals surface area contributed by atoms with Crippen LogP contribution in [-0.4, -0.2) is 23.8 Å². The number of amidine groups is 1. The Morgan fingerprint density at radius 2 is 1.66 bits per heavy atom. The molecule has 0 amide bonds. The normalized spacial score (nSPS) is 17.2. The van der Waals surface area contributed by atoms with E-state index in [1.165, 1.54) is 5.57 Å². The molecule has 0 spiro atoms. The maximum Gasteiger partial charge on any atom is 0.136 e. The lowest BCUT2D eigenvalue weighted by Crippen LogP contribution is -2.28. The van der Waals surface area contributed by atoms with Crippen LogP contribution < -0.4 is 0 Å². The fourth-order valence-corrected chi connectivity index (χ4v) is 5.10. The van der Waals surface area contributed by atoms with Gasteiger partial charge in [0.2, 0.25) is 0 Å². The maximum atomic E-state index is 5.38. The summed E-state index contributed by atoms with van der Waals surface area (Å²) in [5, 5.41) is 0. The SMILES string of the molecule is C=C/C=C\C=C/CN1C/C(=C(C(/C=C\C=C)=C/C)\c2ccccc2C(=C)c2ccccc2)N=C1C1=CCCCC=C1. The second kappa shape index (κ2) is 15.2. The van der Waals surface area contributed by atoms with Gasteiger partial charge in [-0.1, -0.05) is 147 Å². The van der Waals surface area contributed by atoms with Gasteiger partial charge in [0.1, 0.15) is 5.84 Å². The van der Waals surface area contributed by atoms with Crippen molar-refractivity contribution in [3.05, 3.63) is 181 Å². The van der Waals surface area contributed by atoms with Gasteiger partial charge in [0.05, 0.1) is 12.2 Å². The van der Waals surface area contributed by atoms with E-state index in [1.807, 2.05) is 30.4 Å². The minimum atomic E-state index is 0.705. The van der Waals surface area contributed by atoms with Gasteiger partial charge < -0.3 is 4.90 Å². The number of aliphatic imine (C=N–C) groups is 1. The molecule has 0 saturated carbocycles. The molecule has 41 heavy (non-hydrogen) atoms. The van der Waals surface area contributed by atoms with Crippen molar-refractivity contribution in [2.24, 2.45) is 4.99 Å². The zero-order valence-electron chi connectivity index (χ0n) is 24.2. The first kappa shape index (κ1) is 29.3. The smallest absolute Gasteiger partial charge is 0.136 e. The third kappa shape index (κ3) is 7.49. The Balaban J connectivity index is 1.90. The maximum absolute atomic E-state index is 5.38. The largest absolute Gasteiger partial charge is 0.346 e. The highest BCUT2D eigenvalue weighted by molar-refractivity contribution is 6.05. The van der Waals surface area contributed by atoms with E-state index in [4.69, 9.17) is 4.99 Å². The third-order valence-electron chi connectivity index (χ3n) is 7.14. The Morgan fingerprint density at radius 3 is 2.41 bits per heavy atom. The topological polar surface area (TPSA) is 15.6 Å². The lowest BCUT2D eigenvalue weighted by molar-refractivity contribution is 0.526. The zero-order valence-corrected chi connectivity index (χ0v) is 24.2. The number of allylic oxidation sites excluding steroid dienone is 12. The molecule has 0 unspecified atom stereocenters. The molecule has 1 heterocycles. The van der Waals surface area contributed by atoms with Crippen LogP contribution in [0, 0.1) is 0 Å². The van der Waals surface area contributed by atoms with Gasteiger partial charge in [0.15, 0.2) is 0 Å². The highest BCUT2D eigenvalue weighted by atomic mass is 15.2. The summed E-state index contributed by atoms with van der Waals surface area (Å²) >= 11 is 0. The van der Waals surface area contributed by atoms with Crippen LogP contribution in [0.3, 0.4) is 0 Å². The Morgan fingerprint density at radius 1 is 0.902 bits per heavy atom. The van der Waals surface area contributed by atoms with E-state index in [0.29, 0.717) is 6.54 Å². The van der Waals surface area contributed by atoms with Gasteiger partial charge in [-0.05, 0) is 54.0 Å². The van der Waals surface area contributed by atoms with E-state index in [1.54, 1.807) is 6.08 Å². The second-order valence-corrected chi connectivity index (χ2v) is 9.91. The molecule has 0 radical (unpaired) electrons. The van der Waals surface area contributed by atoms with Gasteiger partial charge in [-0.2, -0.15) is 0 Å². The fraction of sp³-hybridized carbons (Fsp3) is 0.154. The summed E-state index contributed by atoms with van der Waals surface area (Å²) in [6.45, 7) is 15.8. The average molecular weight is 537 g/mol. The number of hydrogen-bond acceptors (Lipinski definition) is 2. The average Bonchev–Trinajstić information content (AvgIpc) is 3.23. The predicted molar refractivity (Wildman–Crippen MR) is 180 cm³/mol. The third-order valence-corrected chi connectivity index (χ3v) is 7.14. The van der Waals surface area contributed by atoms with Crippen LogP contribution in [0.1, 0.15) is 42.9 Å². The first-order chi connectivity index (χ1) is 20.2. The van der Waals surface area contributed by atoms with Gasteiger partial charge in [-0.15, -0.1) is 0 Å². The van der Waals surface area contributed by atoms with Crippen molar-refractivity contribution in [1.82, 2.24) is 4.90 Å². The highest BCUT2D eigenvalue weighted by Crippen LogP contribution is 2.37. The molecule has 0 aromatic heterocycles. The lowest BCUT2D eigenvalue weighted by atomic mass is 9.87. The van der Waals surface area contributed by atoms with E-state index >= 15 is 0 Å². The fourth-order valence-electron chi connectivity index (χ4n) is 5.10. The molecule has 0 fully saturated rings. The molecule has 206 valence electrons. The number of rotatable bonds is 11. The van der Waals surface area contributed by atoms with Crippen molar-refractivity contribution >= 4 is 17.0 Å². The van der Waals surface area contributed by atoms with Gasteiger partial charge >= 0.3 is 0 Å². The van der Waals surface area contributed by atoms with E-state index in [0.717, 1.165) is 70.7 Å². The molecule has 0 N–H and O–H groups in total. The van der Waals surface area contributed by atoms with Crippen molar-refractivity contribution in [2.45, 2.75) is 26.2 Å². The zero-order chi connectivity index (χ0) is 28.9. The van der Waals surface area contributed by atoms with Gasteiger partial charge in [-0.25, -0.2) is 4.99 Å². The summed E-state index contributed by atoms with van der Waals surface area (Å²) in [6, 6.07) is 18.9. The van der Waals surface area contributed by atoms with Crippen molar-refractivity contribution < 1.29 is 0 Å². The molecule has 2 aliphatic rings. The molecular weight excluding hydrogens is 496 g/mol. The molecule has 2 aromatic carbocycles. The first-order valence-corrected chi connectivity index (χ1v) is 14.4. The number of nitrogens with zero attached hydrogens (tertiary/aromatic N) is 2. The van der Waals surface area contributed by atoms with E-state index in [-0.39, 0.29) is 0 Å². The number of benzene rings is 2. The first-order valence-electron chi connectivity index (χ1n) is 14.4. The summed E-state index contributed by atoms with van der Waals surface area (Å²) < 4.78 is 0. The summed E-state index contributed by atoms with van der Waals surface area (Å²) in [7, 11) is 0. The van der Waals surface area contributed by atoms with Gasteiger partial charge in [0, 0.05) is 17.7 Å². The molecule has 1 aliphatic heterocycles. The van der Waals surface area contributed by atoms with Crippen molar-refractivity contribution in [2.75, 3.05) is 13.1 Å². The predicted octanol–water partition coefficient (Wildman–Crippen LogP) is 9.83. The van der Waals surface area contributed by atoms with Crippen LogP contribution in [0.2, 0.25) is 0 Å². The minimum Gasteiger partial charge on any atom is -0.346 e. The monoisotopic (exact) mass is 536 g/mol. The van der Waals surface area contributed by atoms with Crippen molar-refractivity contribution in [1.29, 1.82) is 0 Å². The Labute approximate surface area is 246 Å². The Hall–Kier alpha value is -4.69. The van der Waals surface area contributed by atoms with Crippen LogP contribution in [-0.2, 0) is 0 Å². The van der Waals surface area contributed by atoms with Crippen LogP contribution in [0.4, 0.5) is 0 Å². The molecule has 1 aliphatic carbocycles. The summed E-state index contributed by atoms with van der Waals surface area (Å²) in [5.41, 5.74) is 8.79. The molecule has 2 heteroatoms. The van der Waals surface area contributed by atoms with Crippen LogP contribution in [0.15, 0.2) is 169 Å². The summed E-state index contributed by atoms with van der Waals surface area (Å²) in [4.78, 5) is 7.75. The molecule has 0 saturated heterocycles. The Kier molecular flexibility index (Phi) is 10.9. The quantitative estimate of drug-likeness (QED) is 0.261. The highest BCUT2D eigenvalue weighted by Gasteiger charge is 2.27. The minimum absolute atomic E-state index is 0.705. The van der Waals surface area contributed by atoms with Crippen LogP contribution in [0.5, 0.6) is 0 Å². The van der Waals surface area contributed by atoms with E-state index in [9.17, 15) is 0 Å².